The second-order valence-electron chi connectivity index (χ2n) is 7.10. The molecule has 0 aliphatic carbocycles. The van der Waals surface area contributed by atoms with Crippen molar-refractivity contribution < 1.29 is 30.7 Å². The van der Waals surface area contributed by atoms with Crippen LogP contribution in [0.15, 0.2) is 65.6 Å². The first-order chi connectivity index (χ1) is 16.5. The second kappa shape index (κ2) is 9.44. The molecule has 0 atom stereocenters. The Morgan fingerprint density at radius 1 is 0.971 bits per heavy atom. The highest BCUT2D eigenvalue weighted by Gasteiger charge is 2.37. The molecule has 35 heavy (non-hydrogen) atoms. The molecule has 0 fully saturated rings. The van der Waals surface area contributed by atoms with E-state index in [1.807, 2.05) is 0 Å². The number of thiazole rings is 1. The van der Waals surface area contributed by atoms with Crippen molar-refractivity contribution in [2.75, 3.05) is 5.43 Å². The normalized spacial score (nSPS) is 12.7. The van der Waals surface area contributed by atoms with Crippen molar-refractivity contribution in [1.29, 1.82) is 0 Å². The minimum Gasteiger partial charge on any atom is -0.252 e. The summed E-state index contributed by atoms with van der Waals surface area (Å²) in [5, 5.41) is 9.64. The van der Waals surface area contributed by atoms with Crippen molar-refractivity contribution in [3.63, 3.8) is 0 Å². The molecular formula is C21H13F7N6S. The molecule has 182 valence electrons. The zero-order chi connectivity index (χ0) is 25.2. The third-order valence-corrected chi connectivity index (χ3v) is 5.38. The molecule has 0 radical (unpaired) electrons. The van der Waals surface area contributed by atoms with Crippen LogP contribution in [0.4, 0.5) is 35.9 Å². The Bertz CT molecular complexity index is 1290. The van der Waals surface area contributed by atoms with Gasteiger partial charge in [0.05, 0.1) is 29.1 Å². The Kier molecular flexibility index (Phi) is 6.56. The van der Waals surface area contributed by atoms with Crippen molar-refractivity contribution in [3.05, 3.63) is 83.0 Å². The molecule has 6 nitrogen and oxygen atoms in total. The summed E-state index contributed by atoms with van der Waals surface area (Å²) in [5.41, 5.74) is 0.270. The first kappa shape index (κ1) is 24.3. The Labute approximate surface area is 196 Å². The van der Waals surface area contributed by atoms with Gasteiger partial charge in [-0.3, -0.25) is 5.43 Å². The Morgan fingerprint density at radius 2 is 1.63 bits per heavy atom. The van der Waals surface area contributed by atoms with Crippen molar-refractivity contribution in [2.24, 2.45) is 5.10 Å². The predicted octanol–water partition coefficient (Wildman–Crippen LogP) is 6.09. The van der Waals surface area contributed by atoms with Crippen LogP contribution in [0.3, 0.4) is 0 Å². The summed E-state index contributed by atoms with van der Waals surface area (Å²) in [7, 11) is 0. The van der Waals surface area contributed by atoms with E-state index >= 15 is 0 Å². The Morgan fingerprint density at radius 3 is 2.20 bits per heavy atom. The molecule has 0 saturated heterocycles. The largest absolute Gasteiger partial charge is 0.416 e. The van der Waals surface area contributed by atoms with E-state index in [-0.39, 0.29) is 29.0 Å². The number of rotatable bonds is 6. The fourth-order valence-electron chi connectivity index (χ4n) is 2.98. The maximum atomic E-state index is 13.3. The fourth-order valence-corrected chi connectivity index (χ4v) is 3.64. The van der Waals surface area contributed by atoms with Crippen LogP contribution in [-0.4, -0.2) is 25.5 Å². The molecule has 2 heterocycles. The standard InChI is InChI=1S/C21H13F7N6S/c22-16-3-1-12(2-4-16)17(8-34-11-29-10-30-34)32-33-19-31-18(9-35-19)13-5-14(20(23,24)25)7-15(6-13)21(26,27)28/h1-7,9-11H,8H2,(H,31,33)/b32-17-. The van der Waals surface area contributed by atoms with Crippen molar-refractivity contribution in [2.45, 2.75) is 18.9 Å². The Hall–Kier alpha value is -3.81. The summed E-state index contributed by atoms with van der Waals surface area (Å²) in [6, 6.07) is 6.71. The van der Waals surface area contributed by atoms with E-state index in [1.54, 1.807) is 0 Å². The molecule has 0 aliphatic heterocycles. The van der Waals surface area contributed by atoms with Gasteiger partial charge in [0.1, 0.15) is 18.5 Å². The van der Waals surface area contributed by atoms with Crippen molar-refractivity contribution in [3.8, 4) is 11.3 Å². The summed E-state index contributed by atoms with van der Waals surface area (Å²) in [6.07, 6.45) is -7.19. The number of aromatic nitrogens is 4. The van der Waals surface area contributed by atoms with Gasteiger partial charge < -0.3 is 0 Å². The van der Waals surface area contributed by atoms with Crippen LogP contribution >= 0.6 is 11.3 Å². The lowest BCUT2D eigenvalue weighted by Crippen LogP contribution is -2.14. The van der Waals surface area contributed by atoms with E-state index in [9.17, 15) is 30.7 Å². The number of hydrogen-bond donors (Lipinski definition) is 1. The highest BCUT2D eigenvalue weighted by molar-refractivity contribution is 7.14. The number of alkyl halides is 6. The van der Waals surface area contributed by atoms with Crippen LogP contribution in [0.25, 0.3) is 11.3 Å². The number of hydrogen-bond acceptors (Lipinski definition) is 6. The first-order valence-electron chi connectivity index (χ1n) is 9.65. The molecule has 0 bridgehead atoms. The quantitative estimate of drug-likeness (QED) is 0.192. The summed E-state index contributed by atoms with van der Waals surface area (Å²) < 4.78 is 93.7. The van der Waals surface area contributed by atoms with Gasteiger partial charge in [-0.25, -0.2) is 19.0 Å². The summed E-state index contributed by atoms with van der Waals surface area (Å²) in [5.74, 6) is -0.453. The molecule has 0 saturated carbocycles. The van der Waals surface area contributed by atoms with Gasteiger partial charge in [-0.1, -0.05) is 12.1 Å². The molecule has 0 spiro atoms. The van der Waals surface area contributed by atoms with Gasteiger partial charge in [0, 0.05) is 10.9 Å². The maximum Gasteiger partial charge on any atom is 0.416 e. The number of halogens is 7. The zero-order valence-electron chi connectivity index (χ0n) is 17.3. The number of nitrogens with one attached hydrogen (secondary N) is 1. The summed E-state index contributed by atoms with van der Waals surface area (Å²) in [4.78, 5) is 7.91. The summed E-state index contributed by atoms with van der Waals surface area (Å²) >= 11 is 0.932. The Balaban J connectivity index is 1.64. The van der Waals surface area contributed by atoms with Gasteiger partial charge in [0.2, 0.25) is 5.13 Å². The number of nitrogens with zero attached hydrogens (tertiary/aromatic N) is 5. The lowest BCUT2D eigenvalue weighted by Gasteiger charge is -2.13. The molecule has 14 heteroatoms. The van der Waals surface area contributed by atoms with Crippen LogP contribution in [0.1, 0.15) is 16.7 Å². The van der Waals surface area contributed by atoms with Gasteiger partial charge in [0.25, 0.3) is 0 Å². The monoisotopic (exact) mass is 514 g/mol. The van der Waals surface area contributed by atoms with Crippen LogP contribution in [0, 0.1) is 5.82 Å². The molecule has 0 unspecified atom stereocenters. The van der Waals surface area contributed by atoms with E-state index in [0.29, 0.717) is 23.4 Å². The molecule has 4 aromatic rings. The molecule has 2 aromatic heterocycles. The van der Waals surface area contributed by atoms with E-state index in [0.717, 1.165) is 11.3 Å². The van der Waals surface area contributed by atoms with E-state index in [4.69, 9.17) is 0 Å². The lowest BCUT2D eigenvalue weighted by atomic mass is 10.0. The molecule has 1 N–H and O–H groups in total. The van der Waals surface area contributed by atoms with Gasteiger partial charge in [-0.15, -0.1) is 11.3 Å². The third-order valence-electron chi connectivity index (χ3n) is 4.63. The van der Waals surface area contributed by atoms with E-state index < -0.39 is 29.3 Å². The maximum absolute atomic E-state index is 13.3. The topological polar surface area (TPSA) is 68.0 Å². The number of hydrazone groups is 1. The van der Waals surface area contributed by atoms with Crippen LogP contribution in [0.2, 0.25) is 0 Å². The molecule has 4 rings (SSSR count). The SMILES string of the molecule is Fc1ccc(/C(Cn2cncn2)=N\Nc2nc(-c3cc(C(F)(F)F)cc(C(F)(F)F)c3)cs2)cc1. The number of benzene rings is 2. The van der Waals surface area contributed by atoms with E-state index in [2.05, 4.69) is 25.6 Å². The molecule has 0 amide bonds. The van der Waals surface area contributed by atoms with Crippen LogP contribution < -0.4 is 5.43 Å². The van der Waals surface area contributed by atoms with Crippen molar-refractivity contribution in [1.82, 2.24) is 19.7 Å². The smallest absolute Gasteiger partial charge is 0.252 e. The third kappa shape index (κ3) is 6.01. The highest BCUT2D eigenvalue weighted by Crippen LogP contribution is 2.39. The van der Waals surface area contributed by atoms with Crippen LogP contribution in [0.5, 0.6) is 0 Å². The van der Waals surface area contributed by atoms with Crippen molar-refractivity contribution >= 4 is 22.2 Å². The summed E-state index contributed by atoms with van der Waals surface area (Å²) in [6.45, 7) is 0.138. The van der Waals surface area contributed by atoms with Gasteiger partial charge in [-0.2, -0.15) is 36.5 Å². The minimum absolute atomic E-state index is 0.0540. The van der Waals surface area contributed by atoms with Gasteiger partial charge in [-0.05, 0) is 35.9 Å². The average Bonchev–Trinajstić information content (AvgIpc) is 3.48. The van der Waals surface area contributed by atoms with Gasteiger partial charge in [0.15, 0.2) is 0 Å². The molecular weight excluding hydrogens is 501 g/mol. The highest BCUT2D eigenvalue weighted by atomic mass is 32.1. The first-order valence-corrected chi connectivity index (χ1v) is 10.5. The van der Waals surface area contributed by atoms with Gasteiger partial charge >= 0.3 is 12.4 Å². The molecule has 2 aromatic carbocycles. The predicted molar refractivity (Wildman–Crippen MR) is 114 cm³/mol. The van der Waals surface area contributed by atoms with E-state index in [1.165, 1.54) is 47.0 Å². The molecule has 0 aliphatic rings. The minimum atomic E-state index is -4.97. The van der Waals surface area contributed by atoms with Crippen LogP contribution in [-0.2, 0) is 18.9 Å². The fraction of sp³-hybridized carbons (Fsp3) is 0.143. The average molecular weight is 514 g/mol. The lowest BCUT2D eigenvalue weighted by molar-refractivity contribution is -0.143. The zero-order valence-corrected chi connectivity index (χ0v) is 18.1. The number of anilines is 1. The second-order valence-corrected chi connectivity index (χ2v) is 7.96.